The summed E-state index contributed by atoms with van der Waals surface area (Å²) in [6, 6.07) is 0. The summed E-state index contributed by atoms with van der Waals surface area (Å²) in [5.74, 6) is 0.150. The molecule has 6 atom stereocenters. The molecular weight excluding hydrogens is 1150 g/mol. The van der Waals surface area contributed by atoms with Gasteiger partial charge in [0.2, 0.25) is 0 Å². The van der Waals surface area contributed by atoms with Crippen LogP contribution in [-0.2, 0) is 65.4 Å². The van der Waals surface area contributed by atoms with E-state index in [0.29, 0.717) is 31.6 Å². The molecule has 0 fully saturated rings. The van der Waals surface area contributed by atoms with Gasteiger partial charge >= 0.3 is 39.5 Å². The molecule has 0 amide bonds. The summed E-state index contributed by atoms with van der Waals surface area (Å²) in [6.45, 7) is 11.8. The van der Waals surface area contributed by atoms with E-state index in [0.717, 1.165) is 115 Å². The second kappa shape index (κ2) is 59.1. The maximum absolute atomic E-state index is 13.0. The molecule has 0 bridgehead atoms. The van der Waals surface area contributed by atoms with Crippen molar-refractivity contribution >= 4 is 39.5 Å². The highest BCUT2D eigenvalue weighted by Gasteiger charge is 2.30. The molecule has 19 heteroatoms. The molecule has 0 spiro atoms. The first-order valence-electron chi connectivity index (χ1n) is 35.4. The van der Waals surface area contributed by atoms with Crippen LogP contribution in [0.2, 0.25) is 0 Å². The van der Waals surface area contributed by atoms with E-state index in [9.17, 15) is 43.2 Å². The largest absolute Gasteiger partial charge is 0.472 e. The third kappa shape index (κ3) is 61.3. The zero-order chi connectivity index (χ0) is 64.5. The van der Waals surface area contributed by atoms with E-state index in [2.05, 4.69) is 48.5 Å². The van der Waals surface area contributed by atoms with Crippen molar-refractivity contribution in [1.82, 2.24) is 0 Å². The number of phosphoric ester groups is 2. The van der Waals surface area contributed by atoms with Crippen LogP contribution in [0, 0.1) is 17.8 Å². The molecule has 0 aromatic heterocycles. The van der Waals surface area contributed by atoms with Crippen LogP contribution in [0.4, 0.5) is 0 Å². The molecule has 0 saturated heterocycles. The SMILES string of the molecule is CCCCCCCCCC(=O)OC[C@H](COP(=O)(O)OC[C@H](O)COP(=O)(O)OC[C@@H](COC(=O)CCCCCCCCCCCC(C)C)OC(=O)CCCCCCCCCCCCCCCCC(C)CC)OC(=O)CCCCCCCCCC(C)C. The molecule has 0 aliphatic rings. The maximum atomic E-state index is 13.0. The molecule has 0 aromatic carbocycles. The molecule has 0 aromatic rings. The van der Waals surface area contributed by atoms with Crippen LogP contribution in [-0.4, -0.2) is 96.7 Å². The van der Waals surface area contributed by atoms with Crippen molar-refractivity contribution in [1.29, 1.82) is 0 Å². The zero-order valence-corrected chi connectivity index (χ0v) is 58.3. The number of carbonyl (C=O) groups is 4. The van der Waals surface area contributed by atoms with E-state index in [4.69, 9.17) is 37.0 Å². The Balaban J connectivity index is 5.19. The van der Waals surface area contributed by atoms with Gasteiger partial charge in [-0.2, -0.15) is 0 Å². The lowest BCUT2D eigenvalue weighted by Crippen LogP contribution is -2.30. The molecule has 0 radical (unpaired) electrons. The highest BCUT2D eigenvalue weighted by atomic mass is 31.2. The molecule has 0 saturated carbocycles. The quantitative estimate of drug-likeness (QED) is 0.0222. The number of esters is 4. The van der Waals surface area contributed by atoms with E-state index in [1.165, 1.54) is 135 Å². The van der Waals surface area contributed by atoms with Gasteiger partial charge in [0, 0.05) is 25.7 Å². The number of ether oxygens (including phenoxy) is 4. The summed E-state index contributed by atoms with van der Waals surface area (Å²) in [5, 5.41) is 10.6. The fourth-order valence-electron chi connectivity index (χ4n) is 10.2. The third-order valence-electron chi connectivity index (χ3n) is 16.0. The number of hydrogen-bond donors (Lipinski definition) is 3. The minimum atomic E-state index is -4.95. The minimum absolute atomic E-state index is 0.103. The van der Waals surface area contributed by atoms with Crippen LogP contribution in [0.1, 0.15) is 337 Å². The number of aliphatic hydroxyl groups is 1. The van der Waals surface area contributed by atoms with Gasteiger partial charge in [0.05, 0.1) is 26.4 Å². The first-order chi connectivity index (χ1) is 41.8. The van der Waals surface area contributed by atoms with Crippen LogP contribution in [0.5, 0.6) is 0 Å². The van der Waals surface area contributed by atoms with Crippen molar-refractivity contribution in [2.24, 2.45) is 17.8 Å². The van der Waals surface area contributed by atoms with Crippen molar-refractivity contribution < 1.29 is 80.2 Å². The molecule has 0 aliphatic carbocycles. The van der Waals surface area contributed by atoms with Crippen molar-refractivity contribution in [3.05, 3.63) is 0 Å². The van der Waals surface area contributed by atoms with E-state index >= 15 is 0 Å². The summed E-state index contributed by atoms with van der Waals surface area (Å²) < 4.78 is 68.1. The topological polar surface area (TPSA) is 237 Å². The molecule has 0 rings (SSSR count). The molecule has 3 N–H and O–H groups in total. The predicted octanol–water partition coefficient (Wildman–Crippen LogP) is 19.1. The highest BCUT2D eigenvalue weighted by molar-refractivity contribution is 7.47. The van der Waals surface area contributed by atoms with Gasteiger partial charge < -0.3 is 33.8 Å². The van der Waals surface area contributed by atoms with Crippen molar-refractivity contribution in [2.45, 2.75) is 356 Å². The molecular formula is C68H132O17P2. The number of carbonyl (C=O) groups excluding carboxylic acids is 4. The van der Waals surface area contributed by atoms with Gasteiger partial charge in [-0.15, -0.1) is 0 Å². The van der Waals surface area contributed by atoms with Crippen molar-refractivity contribution in [3.8, 4) is 0 Å². The number of aliphatic hydroxyl groups excluding tert-OH is 1. The van der Waals surface area contributed by atoms with Gasteiger partial charge in [-0.25, -0.2) is 9.13 Å². The van der Waals surface area contributed by atoms with E-state index in [-0.39, 0.29) is 25.7 Å². The Morgan fingerprint density at radius 3 is 0.874 bits per heavy atom. The Morgan fingerprint density at radius 2 is 0.586 bits per heavy atom. The lowest BCUT2D eigenvalue weighted by Gasteiger charge is -2.21. The molecule has 0 aliphatic heterocycles. The van der Waals surface area contributed by atoms with Crippen LogP contribution in [0.25, 0.3) is 0 Å². The maximum Gasteiger partial charge on any atom is 0.472 e. The smallest absolute Gasteiger partial charge is 0.462 e. The molecule has 3 unspecified atom stereocenters. The lowest BCUT2D eigenvalue weighted by molar-refractivity contribution is -0.161. The van der Waals surface area contributed by atoms with Crippen molar-refractivity contribution in [3.63, 3.8) is 0 Å². The number of rotatable bonds is 66. The minimum Gasteiger partial charge on any atom is -0.462 e. The summed E-state index contributed by atoms with van der Waals surface area (Å²) >= 11 is 0. The highest BCUT2D eigenvalue weighted by Crippen LogP contribution is 2.45. The Labute approximate surface area is 530 Å². The van der Waals surface area contributed by atoms with Gasteiger partial charge in [-0.3, -0.25) is 37.3 Å². The fourth-order valence-corrected chi connectivity index (χ4v) is 11.7. The normalized spacial score (nSPS) is 14.6. The number of phosphoric acid groups is 2. The summed E-state index contributed by atoms with van der Waals surface area (Å²) in [6.07, 6.45) is 41.9. The first-order valence-corrected chi connectivity index (χ1v) is 38.4. The zero-order valence-electron chi connectivity index (χ0n) is 56.5. The van der Waals surface area contributed by atoms with Gasteiger partial charge in [0.15, 0.2) is 12.2 Å². The predicted molar refractivity (Wildman–Crippen MR) is 349 cm³/mol. The van der Waals surface area contributed by atoms with Gasteiger partial charge in [0.25, 0.3) is 0 Å². The standard InChI is InChI=1S/C68H132O17P2/c1-8-10-11-12-25-35-42-49-65(70)78-55-63(85-68(73)52-45-38-31-24-27-33-40-47-60(5)6)57-82-86(74,75)80-53-62(69)54-81-87(76,77)83-58-64(56-79-66(71)50-43-36-29-23-19-20-26-32-39-46-59(3)4)84-67(72)51-44-37-30-22-18-16-14-13-15-17-21-28-34-41-48-61(7)9-2/h59-64,69H,8-58H2,1-7H3,(H,74,75)(H,76,77)/t61?,62-,63+,64+/m0/s1. The summed E-state index contributed by atoms with van der Waals surface area (Å²) in [7, 11) is -9.89. The Hall–Kier alpha value is -1.94. The fraction of sp³-hybridized carbons (Fsp3) is 0.941. The van der Waals surface area contributed by atoms with Crippen LogP contribution in [0.15, 0.2) is 0 Å². The van der Waals surface area contributed by atoms with Crippen LogP contribution >= 0.6 is 15.6 Å². The Morgan fingerprint density at radius 1 is 0.333 bits per heavy atom. The number of unbranched alkanes of at least 4 members (excludes halogenated alkanes) is 33. The van der Waals surface area contributed by atoms with Gasteiger partial charge in [-0.1, -0.05) is 286 Å². The average molecular weight is 1280 g/mol. The second-order valence-electron chi connectivity index (χ2n) is 25.8. The van der Waals surface area contributed by atoms with Crippen LogP contribution < -0.4 is 0 Å². The van der Waals surface area contributed by atoms with Crippen molar-refractivity contribution in [2.75, 3.05) is 39.6 Å². The van der Waals surface area contributed by atoms with Gasteiger partial charge in [0.1, 0.15) is 19.3 Å². The molecule has 0 heterocycles. The van der Waals surface area contributed by atoms with E-state index < -0.39 is 97.5 Å². The Bertz CT molecular complexity index is 1720. The van der Waals surface area contributed by atoms with E-state index in [1.54, 1.807) is 0 Å². The molecule has 17 nitrogen and oxygen atoms in total. The lowest BCUT2D eigenvalue weighted by atomic mass is 9.99. The van der Waals surface area contributed by atoms with E-state index in [1.807, 2.05) is 0 Å². The first kappa shape index (κ1) is 85.1. The Kier molecular flexibility index (Phi) is 57.8. The molecule has 516 valence electrons. The average Bonchev–Trinajstić information content (AvgIpc) is 3.70. The third-order valence-corrected chi connectivity index (χ3v) is 17.9. The second-order valence-corrected chi connectivity index (χ2v) is 28.7. The van der Waals surface area contributed by atoms with Crippen LogP contribution in [0.3, 0.4) is 0 Å². The monoisotopic (exact) mass is 1280 g/mol. The van der Waals surface area contributed by atoms with Gasteiger partial charge in [-0.05, 0) is 43.4 Å². The molecule has 87 heavy (non-hydrogen) atoms. The summed E-state index contributed by atoms with van der Waals surface area (Å²) in [5.41, 5.74) is 0. The number of hydrogen-bond acceptors (Lipinski definition) is 15. The summed E-state index contributed by atoms with van der Waals surface area (Å²) in [4.78, 5) is 72.3.